The third-order valence-electron chi connectivity index (χ3n) is 4.24. The van der Waals surface area contributed by atoms with Crippen molar-refractivity contribution in [3.05, 3.63) is 29.8 Å². The van der Waals surface area contributed by atoms with Gasteiger partial charge in [-0.2, -0.15) is 0 Å². The Hall–Kier alpha value is -1.88. The average molecular weight is 274 g/mol. The first kappa shape index (κ1) is 13.1. The van der Waals surface area contributed by atoms with Gasteiger partial charge in [-0.1, -0.05) is 12.1 Å². The molecular formula is C15H18N2O3. The van der Waals surface area contributed by atoms with Crippen LogP contribution in [-0.4, -0.2) is 35.0 Å². The molecule has 0 radical (unpaired) electrons. The topological polar surface area (TPSA) is 69.6 Å². The summed E-state index contributed by atoms with van der Waals surface area (Å²) in [5.74, 6) is -0.109. The van der Waals surface area contributed by atoms with Crippen molar-refractivity contribution in [1.29, 1.82) is 0 Å². The molecule has 20 heavy (non-hydrogen) atoms. The van der Waals surface area contributed by atoms with Crippen LogP contribution in [0.4, 0.5) is 5.69 Å². The fraction of sp³-hybridized carbons (Fsp3) is 0.467. The van der Waals surface area contributed by atoms with Gasteiger partial charge in [0.1, 0.15) is 0 Å². The maximum atomic E-state index is 10.9. The van der Waals surface area contributed by atoms with Crippen molar-refractivity contribution in [2.45, 2.75) is 13.5 Å². The molecule has 1 amide bonds. The number of hydrogen-bond donors (Lipinski definition) is 2. The quantitative estimate of drug-likeness (QED) is 0.871. The molecule has 1 saturated carbocycles. The maximum absolute atomic E-state index is 10.9. The van der Waals surface area contributed by atoms with Crippen molar-refractivity contribution in [1.82, 2.24) is 4.90 Å². The maximum Gasteiger partial charge on any atom is 0.307 e. The van der Waals surface area contributed by atoms with Crippen molar-refractivity contribution < 1.29 is 14.7 Å². The number of carboxylic acids is 1. The largest absolute Gasteiger partial charge is 0.481 e. The van der Waals surface area contributed by atoms with Gasteiger partial charge in [0.15, 0.2) is 0 Å². The molecular weight excluding hydrogens is 256 g/mol. The number of likely N-dealkylation sites (tertiary alicyclic amines) is 1. The van der Waals surface area contributed by atoms with Crippen LogP contribution < -0.4 is 5.32 Å². The lowest BCUT2D eigenvalue weighted by atomic mass is 10.2. The Morgan fingerprint density at radius 2 is 1.85 bits per heavy atom. The molecule has 1 aliphatic carbocycles. The second kappa shape index (κ2) is 4.90. The highest BCUT2D eigenvalue weighted by Crippen LogP contribution is 2.51. The number of benzene rings is 1. The van der Waals surface area contributed by atoms with Gasteiger partial charge < -0.3 is 10.4 Å². The van der Waals surface area contributed by atoms with E-state index < -0.39 is 5.97 Å². The number of aliphatic carboxylic acids is 1. The third kappa shape index (κ3) is 2.54. The van der Waals surface area contributed by atoms with Gasteiger partial charge >= 0.3 is 5.97 Å². The Balaban J connectivity index is 1.53. The Morgan fingerprint density at radius 3 is 2.35 bits per heavy atom. The predicted octanol–water partition coefficient (Wildman–Crippen LogP) is 1.41. The van der Waals surface area contributed by atoms with E-state index in [1.165, 1.54) is 12.5 Å². The highest BCUT2D eigenvalue weighted by Gasteiger charge is 2.59. The monoisotopic (exact) mass is 274 g/mol. The van der Waals surface area contributed by atoms with E-state index in [0.717, 1.165) is 25.3 Å². The van der Waals surface area contributed by atoms with E-state index in [2.05, 4.69) is 10.2 Å². The number of hydrogen-bond acceptors (Lipinski definition) is 3. The van der Waals surface area contributed by atoms with Gasteiger partial charge in [-0.25, -0.2) is 0 Å². The fourth-order valence-electron chi connectivity index (χ4n) is 3.26. The zero-order valence-electron chi connectivity index (χ0n) is 11.4. The van der Waals surface area contributed by atoms with E-state index in [0.29, 0.717) is 11.8 Å². The lowest BCUT2D eigenvalue weighted by Crippen LogP contribution is -2.25. The zero-order chi connectivity index (χ0) is 14.3. The standard InChI is InChI=1S/C15H18N2O3/c1-9(18)16-11-4-2-10(3-5-11)6-17-7-12-13(8-17)14(12)15(19)20/h2-5,12-14H,6-8H2,1H3,(H,16,18)(H,19,20)/t12-,13+,14?. The SMILES string of the molecule is CC(=O)Nc1ccc(CN2C[C@@H]3C(C(=O)O)[C@@H]3C2)cc1. The number of fused-ring (bicyclic) bond motifs is 1. The minimum Gasteiger partial charge on any atom is -0.481 e. The highest BCUT2D eigenvalue weighted by atomic mass is 16.4. The van der Waals surface area contributed by atoms with Crippen LogP contribution in [0.25, 0.3) is 0 Å². The number of nitrogens with one attached hydrogen (secondary N) is 1. The zero-order valence-corrected chi connectivity index (χ0v) is 11.4. The summed E-state index contributed by atoms with van der Waals surface area (Å²) in [4.78, 5) is 24.2. The predicted molar refractivity (Wildman–Crippen MR) is 74.1 cm³/mol. The van der Waals surface area contributed by atoms with Crippen molar-refractivity contribution in [3.63, 3.8) is 0 Å². The van der Waals surface area contributed by atoms with E-state index in [9.17, 15) is 9.59 Å². The molecule has 1 aromatic rings. The van der Waals surface area contributed by atoms with E-state index in [4.69, 9.17) is 5.11 Å². The molecule has 0 aromatic heterocycles. The summed E-state index contributed by atoms with van der Waals surface area (Å²) in [6.45, 7) is 4.10. The molecule has 2 aliphatic rings. The average Bonchev–Trinajstić information content (AvgIpc) is 2.89. The van der Waals surface area contributed by atoms with Gasteiger partial charge in [-0.05, 0) is 29.5 Å². The molecule has 2 N–H and O–H groups in total. The molecule has 1 aromatic carbocycles. The Labute approximate surface area is 117 Å². The van der Waals surface area contributed by atoms with Crippen LogP contribution in [0.1, 0.15) is 12.5 Å². The number of piperidine rings is 1. The minimum absolute atomic E-state index is 0.0721. The molecule has 1 saturated heterocycles. The van der Waals surface area contributed by atoms with Crippen molar-refractivity contribution in [2.24, 2.45) is 17.8 Å². The van der Waals surface area contributed by atoms with Crippen LogP contribution in [0.2, 0.25) is 0 Å². The summed E-state index contributed by atoms with van der Waals surface area (Å²) >= 11 is 0. The van der Waals surface area contributed by atoms with Gasteiger partial charge in [0.2, 0.25) is 5.91 Å². The normalized spacial score (nSPS) is 27.9. The first-order valence-electron chi connectivity index (χ1n) is 6.86. The second-order valence-corrected chi connectivity index (χ2v) is 5.76. The van der Waals surface area contributed by atoms with Crippen LogP contribution in [-0.2, 0) is 16.1 Å². The first-order chi connectivity index (χ1) is 9.54. The summed E-state index contributed by atoms with van der Waals surface area (Å²) in [5.41, 5.74) is 1.99. The van der Waals surface area contributed by atoms with E-state index in [-0.39, 0.29) is 11.8 Å². The van der Waals surface area contributed by atoms with Crippen LogP contribution >= 0.6 is 0 Å². The number of carbonyl (C=O) groups is 2. The Bertz CT molecular complexity index is 529. The van der Waals surface area contributed by atoms with Crippen LogP contribution in [0.5, 0.6) is 0 Å². The summed E-state index contributed by atoms with van der Waals surface area (Å²) in [5, 5.41) is 11.7. The minimum atomic E-state index is -0.640. The van der Waals surface area contributed by atoms with Gasteiger partial charge in [-0.3, -0.25) is 14.5 Å². The summed E-state index contributed by atoms with van der Waals surface area (Å²) in [6.07, 6.45) is 0. The van der Waals surface area contributed by atoms with Crippen LogP contribution in [0, 0.1) is 17.8 Å². The molecule has 1 heterocycles. The number of carboxylic acid groups (broad SMARTS) is 1. The van der Waals surface area contributed by atoms with Gasteiger partial charge in [-0.15, -0.1) is 0 Å². The summed E-state index contributed by atoms with van der Waals surface area (Å²) < 4.78 is 0. The molecule has 2 fully saturated rings. The van der Waals surface area contributed by atoms with Gasteiger partial charge in [0.25, 0.3) is 0 Å². The third-order valence-corrected chi connectivity index (χ3v) is 4.24. The molecule has 0 bridgehead atoms. The summed E-state index contributed by atoms with van der Waals surface area (Å²) in [7, 11) is 0. The fourth-order valence-corrected chi connectivity index (χ4v) is 3.26. The number of carbonyl (C=O) groups excluding carboxylic acids is 1. The number of rotatable bonds is 4. The molecule has 1 unspecified atom stereocenters. The molecule has 3 rings (SSSR count). The van der Waals surface area contributed by atoms with Crippen molar-refractivity contribution >= 4 is 17.6 Å². The van der Waals surface area contributed by atoms with E-state index in [1.54, 1.807) is 0 Å². The molecule has 5 heteroatoms. The molecule has 0 spiro atoms. The van der Waals surface area contributed by atoms with Crippen molar-refractivity contribution in [2.75, 3.05) is 18.4 Å². The number of anilines is 1. The molecule has 1 aliphatic heterocycles. The second-order valence-electron chi connectivity index (χ2n) is 5.76. The number of nitrogens with zero attached hydrogens (tertiary/aromatic N) is 1. The number of amides is 1. The van der Waals surface area contributed by atoms with E-state index >= 15 is 0 Å². The first-order valence-corrected chi connectivity index (χ1v) is 6.86. The van der Waals surface area contributed by atoms with Crippen molar-refractivity contribution in [3.8, 4) is 0 Å². The van der Waals surface area contributed by atoms with Gasteiger partial charge in [0, 0.05) is 32.2 Å². The Kier molecular flexibility index (Phi) is 3.22. The summed E-state index contributed by atoms with van der Waals surface area (Å²) in [6, 6.07) is 7.80. The lowest BCUT2D eigenvalue weighted by molar-refractivity contribution is -0.139. The molecule has 3 atom stereocenters. The van der Waals surface area contributed by atoms with Gasteiger partial charge in [0.05, 0.1) is 5.92 Å². The smallest absolute Gasteiger partial charge is 0.307 e. The van der Waals surface area contributed by atoms with Crippen LogP contribution in [0.3, 0.4) is 0 Å². The molecule has 5 nitrogen and oxygen atoms in total. The van der Waals surface area contributed by atoms with Crippen LogP contribution in [0.15, 0.2) is 24.3 Å². The molecule has 106 valence electrons. The lowest BCUT2D eigenvalue weighted by Gasteiger charge is -2.18. The Morgan fingerprint density at radius 1 is 1.25 bits per heavy atom. The highest BCUT2D eigenvalue weighted by molar-refractivity contribution is 5.88. The van der Waals surface area contributed by atoms with E-state index in [1.807, 2.05) is 24.3 Å².